The van der Waals surface area contributed by atoms with Crippen molar-refractivity contribution in [2.24, 2.45) is 11.7 Å². The average molecular weight is 247 g/mol. The van der Waals surface area contributed by atoms with Gasteiger partial charge >= 0.3 is 0 Å². The van der Waals surface area contributed by atoms with Crippen LogP contribution in [-0.4, -0.2) is 19.8 Å². The van der Waals surface area contributed by atoms with Crippen molar-refractivity contribution in [2.45, 2.75) is 38.5 Å². The molecule has 0 aromatic heterocycles. The van der Waals surface area contributed by atoms with Crippen LogP contribution in [0, 0.1) is 5.92 Å². The molecule has 2 rings (SSSR count). The largest absolute Gasteiger partial charge is 0.381 e. The zero-order chi connectivity index (χ0) is 13.2. The van der Waals surface area contributed by atoms with Crippen molar-refractivity contribution >= 4 is 0 Å². The maximum Gasteiger partial charge on any atom is 0.0516 e. The molecule has 1 heterocycles. The van der Waals surface area contributed by atoms with Crippen molar-refractivity contribution in [1.82, 2.24) is 0 Å². The van der Waals surface area contributed by atoms with E-state index in [1.807, 2.05) is 0 Å². The smallest absolute Gasteiger partial charge is 0.0516 e. The minimum atomic E-state index is 0.221. The lowest BCUT2D eigenvalue weighted by Crippen LogP contribution is -2.30. The minimum Gasteiger partial charge on any atom is -0.381 e. The van der Waals surface area contributed by atoms with Crippen LogP contribution in [-0.2, 0) is 10.2 Å². The summed E-state index contributed by atoms with van der Waals surface area (Å²) in [5, 5.41) is 0. The van der Waals surface area contributed by atoms with E-state index >= 15 is 0 Å². The first-order chi connectivity index (χ1) is 8.50. The fourth-order valence-corrected chi connectivity index (χ4v) is 2.45. The first-order valence-corrected chi connectivity index (χ1v) is 6.89. The molecule has 1 aliphatic rings. The van der Waals surface area contributed by atoms with Gasteiger partial charge in [0, 0.05) is 5.92 Å². The molecule has 1 aromatic rings. The predicted octanol–water partition coefficient (Wildman–Crippen LogP) is 3.06. The van der Waals surface area contributed by atoms with Crippen LogP contribution in [0.15, 0.2) is 24.3 Å². The van der Waals surface area contributed by atoms with E-state index in [0.29, 0.717) is 11.8 Å². The molecule has 2 N–H and O–H groups in total. The van der Waals surface area contributed by atoms with Crippen LogP contribution in [0.1, 0.15) is 44.2 Å². The van der Waals surface area contributed by atoms with Gasteiger partial charge in [0.15, 0.2) is 0 Å². The Labute approximate surface area is 111 Å². The van der Waals surface area contributed by atoms with E-state index in [4.69, 9.17) is 10.5 Å². The molecule has 0 aliphatic carbocycles. The fourth-order valence-electron chi connectivity index (χ4n) is 2.45. The molecule has 2 nitrogen and oxygen atoms in total. The SMILES string of the molecule is CC(C)(C)c1ccc(C(CN)CC2COC2)cc1. The highest BCUT2D eigenvalue weighted by Crippen LogP contribution is 2.29. The molecule has 0 spiro atoms. The van der Waals surface area contributed by atoms with Crippen LogP contribution < -0.4 is 5.73 Å². The summed E-state index contributed by atoms with van der Waals surface area (Å²) >= 11 is 0. The Balaban J connectivity index is 2.06. The van der Waals surface area contributed by atoms with Crippen molar-refractivity contribution in [3.63, 3.8) is 0 Å². The van der Waals surface area contributed by atoms with Crippen molar-refractivity contribution in [2.75, 3.05) is 19.8 Å². The van der Waals surface area contributed by atoms with Crippen molar-refractivity contribution in [3.05, 3.63) is 35.4 Å². The van der Waals surface area contributed by atoms with E-state index in [1.165, 1.54) is 11.1 Å². The lowest BCUT2D eigenvalue weighted by Gasteiger charge is -2.30. The summed E-state index contributed by atoms with van der Waals surface area (Å²) in [7, 11) is 0. The maximum absolute atomic E-state index is 5.91. The normalized spacial score (nSPS) is 18.4. The monoisotopic (exact) mass is 247 g/mol. The van der Waals surface area contributed by atoms with E-state index in [0.717, 1.165) is 26.2 Å². The molecule has 18 heavy (non-hydrogen) atoms. The lowest BCUT2D eigenvalue weighted by molar-refractivity contribution is -0.0382. The Morgan fingerprint density at radius 1 is 1.22 bits per heavy atom. The number of ether oxygens (including phenoxy) is 1. The standard InChI is InChI=1S/C16H25NO/c1-16(2,3)15-6-4-13(5-7-15)14(9-17)8-12-10-18-11-12/h4-7,12,14H,8-11,17H2,1-3H3. The van der Waals surface area contributed by atoms with Gasteiger partial charge in [-0.3, -0.25) is 0 Å². The summed E-state index contributed by atoms with van der Waals surface area (Å²) in [6.45, 7) is 9.29. The maximum atomic E-state index is 5.91. The number of hydrogen-bond acceptors (Lipinski definition) is 2. The van der Waals surface area contributed by atoms with Crippen LogP contribution in [0.3, 0.4) is 0 Å². The van der Waals surface area contributed by atoms with Gasteiger partial charge in [0.1, 0.15) is 0 Å². The summed E-state index contributed by atoms with van der Waals surface area (Å²) in [6, 6.07) is 8.99. The zero-order valence-corrected chi connectivity index (χ0v) is 11.8. The van der Waals surface area contributed by atoms with Gasteiger partial charge in [-0.25, -0.2) is 0 Å². The van der Waals surface area contributed by atoms with Gasteiger partial charge in [-0.05, 0) is 35.4 Å². The van der Waals surface area contributed by atoms with E-state index in [-0.39, 0.29) is 5.41 Å². The molecule has 1 saturated heterocycles. The summed E-state index contributed by atoms with van der Waals surface area (Å²) in [6.07, 6.45) is 1.16. The zero-order valence-electron chi connectivity index (χ0n) is 11.8. The van der Waals surface area contributed by atoms with Crippen molar-refractivity contribution in [1.29, 1.82) is 0 Å². The highest BCUT2D eigenvalue weighted by atomic mass is 16.5. The second-order valence-electron chi connectivity index (χ2n) is 6.44. The predicted molar refractivity (Wildman–Crippen MR) is 75.9 cm³/mol. The molecule has 1 fully saturated rings. The molecule has 0 amide bonds. The number of nitrogens with two attached hydrogens (primary N) is 1. The third-order valence-electron chi connectivity index (χ3n) is 3.86. The second-order valence-corrected chi connectivity index (χ2v) is 6.44. The highest BCUT2D eigenvalue weighted by Gasteiger charge is 2.23. The number of rotatable bonds is 4. The Morgan fingerprint density at radius 2 is 1.83 bits per heavy atom. The van der Waals surface area contributed by atoms with E-state index in [2.05, 4.69) is 45.0 Å². The van der Waals surface area contributed by atoms with Gasteiger partial charge in [0.25, 0.3) is 0 Å². The summed E-state index contributed by atoms with van der Waals surface area (Å²) in [5.41, 5.74) is 8.89. The fraction of sp³-hybridized carbons (Fsp3) is 0.625. The quantitative estimate of drug-likeness (QED) is 0.887. The molecule has 1 unspecified atom stereocenters. The Kier molecular flexibility index (Phi) is 4.08. The molecule has 0 radical (unpaired) electrons. The van der Waals surface area contributed by atoms with Crippen molar-refractivity contribution in [3.8, 4) is 0 Å². The third kappa shape index (κ3) is 3.12. The van der Waals surface area contributed by atoms with Gasteiger partial charge in [0.05, 0.1) is 13.2 Å². The van der Waals surface area contributed by atoms with Crippen LogP contribution in [0.4, 0.5) is 0 Å². The third-order valence-corrected chi connectivity index (χ3v) is 3.86. The summed E-state index contributed by atoms with van der Waals surface area (Å²) in [4.78, 5) is 0. The van der Waals surface area contributed by atoms with E-state index < -0.39 is 0 Å². The van der Waals surface area contributed by atoms with Crippen LogP contribution in [0.25, 0.3) is 0 Å². The Morgan fingerprint density at radius 3 is 2.22 bits per heavy atom. The Hall–Kier alpha value is -0.860. The molecular weight excluding hydrogens is 222 g/mol. The van der Waals surface area contributed by atoms with Crippen LogP contribution in [0.2, 0.25) is 0 Å². The highest BCUT2D eigenvalue weighted by molar-refractivity contribution is 5.29. The summed E-state index contributed by atoms with van der Waals surface area (Å²) in [5.74, 6) is 1.19. The van der Waals surface area contributed by atoms with E-state index in [1.54, 1.807) is 0 Å². The molecule has 100 valence electrons. The number of hydrogen-bond donors (Lipinski definition) is 1. The molecule has 1 aliphatic heterocycles. The minimum absolute atomic E-state index is 0.221. The topological polar surface area (TPSA) is 35.2 Å². The van der Waals surface area contributed by atoms with Crippen LogP contribution in [0.5, 0.6) is 0 Å². The molecule has 1 aromatic carbocycles. The average Bonchev–Trinajstić information content (AvgIpc) is 2.27. The van der Waals surface area contributed by atoms with Crippen LogP contribution >= 0.6 is 0 Å². The van der Waals surface area contributed by atoms with Gasteiger partial charge in [-0.1, -0.05) is 45.0 Å². The molecule has 0 bridgehead atoms. The summed E-state index contributed by atoms with van der Waals surface area (Å²) < 4.78 is 5.24. The van der Waals surface area contributed by atoms with Gasteiger partial charge in [0.2, 0.25) is 0 Å². The molecule has 0 saturated carbocycles. The second kappa shape index (κ2) is 5.41. The lowest BCUT2D eigenvalue weighted by atomic mass is 9.83. The van der Waals surface area contributed by atoms with E-state index in [9.17, 15) is 0 Å². The molecule has 2 heteroatoms. The molecular formula is C16H25NO. The van der Waals surface area contributed by atoms with Gasteiger partial charge in [-0.2, -0.15) is 0 Å². The first-order valence-electron chi connectivity index (χ1n) is 6.89. The van der Waals surface area contributed by atoms with Gasteiger partial charge in [-0.15, -0.1) is 0 Å². The van der Waals surface area contributed by atoms with Crippen molar-refractivity contribution < 1.29 is 4.74 Å². The first kappa shape index (κ1) is 13.6. The number of benzene rings is 1. The Bertz CT molecular complexity index is 373. The van der Waals surface area contributed by atoms with Gasteiger partial charge < -0.3 is 10.5 Å². The molecule has 1 atom stereocenters.